The average Bonchev–Trinajstić information content (AvgIpc) is 3.17. The maximum absolute atomic E-state index is 13.1. The lowest BCUT2D eigenvalue weighted by Crippen LogP contribution is -2.42. The number of ether oxygens (including phenoxy) is 3. The van der Waals surface area contributed by atoms with Crippen LogP contribution in [-0.4, -0.2) is 55.2 Å². The van der Waals surface area contributed by atoms with Gasteiger partial charge in [0.25, 0.3) is 11.8 Å². The molecule has 2 amide bonds. The second-order valence-electron chi connectivity index (χ2n) is 8.90. The summed E-state index contributed by atoms with van der Waals surface area (Å²) < 4.78 is 16.0. The molecule has 1 aliphatic rings. The first-order valence-electron chi connectivity index (χ1n) is 12.1. The van der Waals surface area contributed by atoms with Crippen molar-refractivity contribution in [2.24, 2.45) is 0 Å². The fraction of sp³-hybridized carbons (Fsp3) is 0.276. The van der Waals surface area contributed by atoms with Gasteiger partial charge in [0.15, 0.2) is 11.5 Å². The zero-order chi connectivity index (χ0) is 27.6. The van der Waals surface area contributed by atoms with E-state index in [0.717, 1.165) is 16.7 Å². The summed E-state index contributed by atoms with van der Waals surface area (Å²) in [5, 5.41) is 12.4. The second-order valence-corrected chi connectivity index (χ2v) is 8.90. The van der Waals surface area contributed by atoms with E-state index < -0.39 is 12.0 Å². The molecule has 0 radical (unpaired) electrons. The molecule has 9 heteroatoms. The third-order valence-electron chi connectivity index (χ3n) is 6.80. The van der Waals surface area contributed by atoms with E-state index in [9.17, 15) is 19.5 Å². The number of methoxy groups -OCH3 is 3. The average molecular weight is 519 g/mol. The van der Waals surface area contributed by atoms with E-state index in [1.165, 1.54) is 26.2 Å². The monoisotopic (exact) mass is 518 g/mol. The Labute approximate surface area is 220 Å². The molecule has 0 spiro atoms. The zero-order valence-corrected chi connectivity index (χ0v) is 21.9. The molecule has 2 atom stereocenters. The van der Waals surface area contributed by atoms with E-state index in [4.69, 9.17) is 14.2 Å². The van der Waals surface area contributed by atoms with Gasteiger partial charge in [-0.25, -0.2) is 4.79 Å². The molecule has 1 heterocycles. The van der Waals surface area contributed by atoms with Crippen LogP contribution in [-0.2, 0) is 4.79 Å². The van der Waals surface area contributed by atoms with Gasteiger partial charge < -0.3 is 29.5 Å². The second kappa shape index (κ2) is 10.8. The molecule has 198 valence electrons. The fourth-order valence-corrected chi connectivity index (χ4v) is 4.81. The molecule has 3 aromatic rings. The largest absolute Gasteiger partial charge is 0.493 e. The van der Waals surface area contributed by atoms with Crippen LogP contribution < -0.4 is 19.5 Å². The van der Waals surface area contributed by atoms with Crippen LogP contribution in [0.5, 0.6) is 17.2 Å². The van der Waals surface area contributed by atoms with Crippen molar-refractivity contribution >= 4 is 23.5 Å². The molecule has 0 fully saturated rings. The number of fused-ring (bicyclic) bond motifs is 1. The van der Waals surface area contributed by atoms with Crippen LogP contribution in [0.25, 0.3) is 11.1 Å². The molecule has 0 aliphatic carbocycles. The highest BCUT2D eigenvalue weighted by Gasteiger charge is 2.40. The summed E-state index contributed by atoms with van der Waals surface area (Å²) >= 11 is 0. The number of nitrogens with one attached hydrogen (secondary N) is 1. The van der Waals surface area contributed by atoms with Crippen molar-refractivity contribution in [2.45, 2.75) is 32.4 Å². The smallest absolute Gasteiger partial charge is 0.326 e. The number of carboxylic acids is 1. The minimum Gasteiger partial charge on any atom is -0.493 e. The molecule has 1 aliphatic heterocycles. The number of nitrogens with zero attached hydrogens (tertiary/aromatic N) is 1. The summed E-state index contributed by atoms with van der Waals surface area (Å²) in [6, 6.07) is 14.8. The maximum atomic E-state index is 13.1. The molecule has 0 aromatic heterocycles. The van der Waals surface area contributed by atoms with Crippen molar-refractivity contribution in [1.82, 2.24) is 4.90 Å². The van der Waals surface area contributed by atoms with Crippen molar-refractivity contribution in [2.75, 3.05) is 26.6 Å². The van der Waals surface area contributed by atoms with Crippen molar-refractivity contribution < 1.29 is 33.7 Å². The normalized spacial score (nSPS) is 15.0. The van der Waals surface area contributed by atoms with Crippen LogP contribution in [0.15, 0.2) is 54.6 Å². The molecule has 4 rings (SSSR count). The number of aliphatic carboxylic acids is 1. The van der Waals surface area contributed by atoms with Gasteiger partial charge in [-0.3, -0.25) is 9.59 Å². The Morgan fingerprint density at radius 1 is 0.947 bits per heavy atom. The van der Waals surface area contributed by atoms with E-state index in [-0.39, 0.29) is 17.9 Å². The Bertz CT molecular complexity index is 1360. The number of anilines is 1. The summed E-state index contributed by atoms with van der Waals surface area (Å²) in [7, 11) is 4.46. The predicted octanol–water partition coefficient (Wildman–Crippen LogP) is 5.01. The van der Waals surface area contributed by atoms with Crippen LogP contribution in [0.3, 0.4) is 0 Å². The molecular weight excluding hydrogens is 488 g/mol. The molecule has 38 heavy (non-hydrogen) atoms. The molecule has 9 nitrogen and oxygen atoms in total. The summed E-state index contributed by atoms with van der Waals surface area (Å²) in [5.74, 6) is -0.490. The summed E-state index contributed by atoms with van der Waals surface area (Å²) in [5.41, 5.74) is 3.91. The van der Waals surface area contributed by atoms with Gasteiger partial charge in [-0.05, 0) is 60.4 Å². The quantitative estimate of drug-likeness (QED) is 0.409. The van der Waals surface area contributed by atoms with E-state index in [1.54, 1.807) is 37.3 Å². The maximum Gasteiger partial charge on any atom is 0.326 e. The SMILES string of the molecule is CCC(C(=O)O)N1C(=O)c2cc(-c3ccc(NC(=O)c4cc(OC)c(OC)c(OC)c4)cc3)ccc2C1C. The number of hydrogen-bond acceptors (Lipinski definition) is 6. The van der Waals surface area contributed by atoms with Gasteiger partial charge in [0.05, 0.1) is 27.4 Å². The van der Waals surface area contributed by atoms with Gasteiger partial charge in [0.2, 0.25) is 5.75 Å². The molecule has 2 unspecified atom stereocenters. The third-order valence-corrected chi connectivity index (χ3v) is 6.80. The van der Waals surface area contributed by atoms with Gasteiger partial charge in [-0.2, -0.15) is 0 Å². The van der Waals surface area contributed by atoms with Gasteiger partial charge in [-0.1, -0.05) is 31.2 Å². The Hall–Kier alpha value is -4.53. The first-order valence-corrected chi connectivity index (χ1v) is 12.1. The Balaban J connectivity index is 1.54. The molecule has 0 saturated carbocycles. The fourth-order valence-electron chi connectivity index (χ4n) is 4.81. The zero-order valence-electron chi connectivity index (χ0n) is 21.9. The van der Waals surface area contributed by atoms with Gasteiger partial charge in [-0.15, -0.1) is 0 Å². The number of carbonyl (C=O) groups excluding carboxylic acids is 2. The van der Waals surface area contributed by atoms with Gasteiger partial charge in [0, 0.05) is 16.8 Å². The number of carboxylic acid groups (broad SMARTS) is 1. The van der Waals surface area contributed by atoms with Crippen molar-refractivity contribution in [3.05, 3.63) is 71.3 Å². The molecule has 3 aromatic carbocycles. The topological polar surface area (TPSA) is 114 Å². The number of benzene rings is 3. The Morgan fingerprint density at radius 3 is 2.08 bits per heavy atom. The summed E-state index contributed by atoms with van der Waals surface area (Å²) in [6.07, 6.45) is 0.329. The Kier molecular flexibility index (Phi) is 7.57. The molecule has 0 bridgehead atoms. The number of carbonyl (C=O) groups is 3. The van der Waals surface area contributed by atoms with E-state index in [0.29, 0.717) is 40.5 Å². The highest BCUT2D eigenvalue weighted by Crippen LogP contribution is 2.39. The number of hydrogen-bond donors (Lipinski definition) is 2. The first-order chi connectivity index (χ1) is 18.2. The third kappa shape index (κ3) is 4.74. The van der Waals surface area contributed by atoms with Crippen LogP contribution in [0, 0.1) is 0 Å². The molecule has 0 saturated heterocycles. The lowest BCUT2D eigenvalue weighted by Gasteiger charge is -2.28. The van der Waals surface area contributed by atoms with Crippen LogP contribution >= 0.6 is 0 Å². The van der Waals surface area contributed by atoms with Crippen LogP contribution in [0.1, 0.15) is 52.6 Å². The van der Waals surface area contributed by atoms with Gasteiger partial charge >= 0.3 is 5.97 Å². The lowest BCUT2D eigenvalue weighted by molar-refractivity contribution is -0.143. The number of rotatable bonds is 9. The number of amides is 2. The van der Waals surface area contributed by atoms with Crippen LogP contribution in [0.4, 0.5) is 5.69 Å². The van der Waals surface area contributed by atoms with Crippen LogP contribution in [0.2, 0.25) is 0 Å². The molecular formula is C29H30N2O7. The highest BCUT2D eigenvalue weighted by molar-refractivity contribution is 6.05. The highest BCUT2D eigenvalue weighted by atomic mass is 16.5. The lowest BCUT2D eigenvalue weighted by atomic mass is 9.98. The summed E-state index contributed by atoms with van der Waals surface area (Å²) in [6.45, 7) is 3.61. The minimum absolute atomic E-state index is 0.280. The van der Waals surface area contributed by atoms with E-state index in [2.05, 4.69) is 5.32 Å². The van der Waals surface area contributed by atoms with Crippen molar-refractivity contribution in [1.29, 1.82) is 0 Å². The summed E-state index contributed by atoms with van der Waals surface area (Å²) in [4.78, 5) is 39.2. The predicted molar refractivity (Wildman–Crippen MR) is 142 cm³/mol. The first kappa shape index (κ1) is 26.5. The van der Waals surface area contributed by atoms with E-state index in [1.807, 2.05) is 31.2 Å². The van der Waals surface area contributed by atoms with Gasteiger partial charge in [0.1, 0.15) is 6.04 Å². The minimum atomic E-state index is -1.01. The van der Waals surface area contributed by atoms with Crippen molar-refractivity contribution in [3.8, 4) is 28.4 Å². The molecule has 2 N–H and O–H groups in total. The Morgan fingerprint density at radius 2 is 1.55 bits per heavy atom. The van der Waals surface area contributed by atoms with E-state index >= 15 is 0 Å². The standard InChI is InChI=1S/C29H30N2O7/c1-6-23(29(34)35)31-16(2)21-12-9-18(13-22(21)28(31)33)17-7-10-20(11-8-17)30-27(32)19-14-24(36-3)26(38-5)25(15-19)37-4/h7-16,23H,6H2,1-5H3,(H,30,32)(H,34,35). The van der Waals surface area contributed by atoms with Crippen molar-refractivity contribution in [3.63, 3.8) is 0 Å².